The second kappa shape index (κ2) is 3.89. The van der Waals surface area contributed by atoms with Gasteiger partial charge >= 0.3 is 5.69 Å². The van der Waals surface area contributed by atoms with Crippen molar-refractivity contribution < 1.29 is 4.74 Å². The number of aryl methyl sites for hydroxylation is 2. The lowest BCUT2D eigenvalue weighted by molar-refractivity contribution is 0.414. The van der Waals surface area contributed by atoms with E-state index >= 15 is 0 Å². The Morgan fingerprint density at radius 1 is 1.25 bits per heavy atom. The molecule has 2 rings (SSSR count). The smallest absolute Gasteiger partial charge is 0.332 e. The Hall–Kier alpha value is -1.97. The second-order valence-electron chi connectivity index (χ2n) is 3.71. The molecular formula is C12H14N2O2. The molecule has 0 saturated heterocycles. The lowest BCUT2D eigenvalue weighted by atomic mass is 10.2. The van der Waals surface area contributed by atoms with Gasteiger partial charge in [-0.05, 0) is 30.7 Å². The van der Waals surface area contributed by atoms with E-state index in [0.717, 1.165) is 17.0 Å². The summed E-state index contributed by atoms with van der Waals surface area (Å²) in [5, 5.41) is 0. The van der Waals surface area contributed by atoms with E-state index in [9.17, 15) is 4.79 Å². The predicted molar refractivity (Wildman–Crippen MR) is 62.3 cm³/mol. The van der Waals surface area contributed by atoms with Crippen LogP contribution in [-0.2, 0) is 7.05 Å². The van der Waals surface area contributed by atoms with Crippen molar-refractivity contribution in [3.05, 3.63) is 46.6 Å². The zero-order valence-electron chi connectivity index (χ0n) is 9.60. The minimum atomic E-state index is -0.0479. The maximum atomic E-state index is 11.8. The minimum absolute atomic E-state index is 0.0479. The summed E-state index contributed by atoms with van der Waals surface area (Å²) in [6.07, 6.45) is 3.50. The van der Waals surface area contributed by atoms with Gasteiger partial charge in [0, 0.05) is 19.4 Å². The summed E-state index contributed by atoms with van der Waals surface area (Å²) in [5.74, 6) is 0.797. The van der Waals surface area contributed by atoms with Crippen LogP contribution < -0.4 is 10.4 Å². The van der Waals surface area contributed by atoms with Crippen LogP contribution in [0.3, 0.4) is 0 Å². The van der Waals surface area contributed by atoms with Crippen molar-refractivity contribution in [1.82, 2.24) is 9.13 Å². The van der Waals surface area contributed by atoms with E-state index in [-0.39, 0.29) is 5.69 Å². The zero-order chi connectivity index (χ0) is 11.7. The second-order valence-corrected chi connectivity index (χ2v) is 3.71. The summed E-state index contributed by atoms with van der Waals surface area (Å²) in [5.41, 5.74) is 1.84. The van der Waals surface area contributed by atoms with E-state index in [1.54, 1.807) is 35.7 Å². The third-order valence-corrected chi connectivity index (χ3v) is 2.61. The van der Waals surface area contributed by atoms with Gasteiger partial charge in [0.05, 0.1) is 12.8 Å². The van der Waals surface area contributed by atoms with Gasteiger partial charge in [-0.1, -0.05) is 0 Å². The molecule has 4 heteroatoms. The Bertz CT molecular complexity index is 567. The highest BCUT2D eigenvalue weighted by molar-refractivity contribution is 5.44. The number of methoxy groups -OCH3 is 1. The van der Waals surface area contributed by atoms with Crippen molar-refractivity contribution in [2.24, 2.45) is 7.05 Å². The van der Waals surface area contributed by atoms with Crippen LogP contribution in [0.15, 0.2) is 35.4 Å². The molecule has 1 aromatic heterocycles. The molecule has 16 heavy (non-hydrogen) atoms. The van der Waals surface area contributed by atoms with Crippen LogP contribution in [0.5, 0.6) is 5.75 Å². The number of aromatic nitrogens is 2. The molecule has 0 N–H and O–H groups in total. The number of rotatable bonds is 2. The van der Waals surface area contributed by atoms with Gasteiger partial charge in [-0.2, -0.15) is 0 Å². The molecule has 0 spiro atoms. The molecule has 0 aliphatic heterocycles. The minimum Gasteiger partial charge on any atom is -0.497 e. The monoisotopic (exact) mass is 218 g/mol. The Morgan fingerprint density at radius 2 is 2.00 bits per heavy atom. The molecule has 0 saturated carbocycles. The van der Waals surface area contributed by atoms with Crippen LogP contribution >= 0.6 is 0 Å². The van der Waals surface area contributed by atoms with Crippen LogP contribution in [0, 0.1) is 6.92 Å². The fourth-order valence-corrected chi connectivity index (χ4v) is 1.67. The third-order valence-electron chi connectivity index (χ3n) is 2.61. The number of ether oxygens (including phenoxy) is 1. The molecule has 0 amide bonds. The molecule has 1 aromatic carbocycles. The summed E-state index contributed by atoms with van der Waals surface area (Å²) < 4.78 is 8.29. The first-order valence-corrected chi connectivity index (χ1v) is 5.02. The standard InChI is InChI=1S/C12H14N2O2/c1-9-8-10(16-3)4-5-11(9)14-7-6-13(2)12(14)15/h4-8H,1-3H3. The van der Waals surface area contributed by atoms with Gasteiger partial charge in [0.25, 0.3) is 0 Å². The lowest BCUT2D eigenvalue weighted by Crippen LogP contribution is -2.20. The molecule has 0 unspecified atom stereocenters. The first-order chi connectivity index (χ1) is 7.63. The molecule has 4 nitrogen and oxygen atoms in total. The van der Waals surface area contributed by atoms with Gasteiger partial charge < -0.3 is 9.30 Å². The molecule has 0 bridgehead atoms. The average molecular weight is 218 g/mol. The normalized spacial score (nSPS) is 10.4. The molecule has 2 aromatic rings. The quantitative estimate of drug-likeness (QED) is 0.765. The van der Waals surface area contributed by atoms with Crippen molar-refractivity contribution in [1.29, 1.82) is 0 Å². The van der Waals surface area contributed by atoms with Crippen molar-refractivity contribution in [2.75, 3.05) is 7.11 Å². The van der Waals surface area contributed by atoms with E-state index in [2.05, 4.69) is 0 Å². The fourth-order valence-electron chi connectivity index (χ4n) is 1.67. The molecular weight excluding hydrogens is 204 g/mol. The van der Waals surface area contributed by atoms with Gasteiger partial charge in [-0.15, -0.1) is 0 Å². The molecule has 0 aliphatic rings. The first kappa shape index (κ1) is 10.5. The van der Waals surface area contributed by atoms with Crippen LogP contribution in [-0.4, -0.2) is 16.2 Å². The third kappa shape index (κ3) is 1.62. The molecule has 1 heterocycles. The van der Waals surface area contributed by atoms with E-state index in [0.29, 0.717) is 0 Å². The Balaban J connectivity index is 2.57. The van der Waals surface area contributed by atoms with Crippen molar-refractivity contribution >= 4 is 0 Å². The molecule has 0 atom stereocenters. The first-order valence-electron chi connectivity index (χ1n) is 5.02. The highest BCUT2D eigenvalue weighted by Gasteiger charge is 2.06. The Morgan fingerprint density at radius 3 is 2.50 bits per heavy atom. The van der Waals surface area contributed by atoms with Gasteiger partial charge in [-0.25, -0.2) is 4.79 Å². The number of benzene rings is 1. The van der Waals surface area contributed by atoms with Gasteiger partial charge in [0.1, 0.15) is 5.75 Å². The predicted octanol–water partition coefficient (Wildman–Crippen LogP) is 1.49. The molecule has 0 aliphatic carbocycles. The highest BCUT2D eigenvalue weighted by atomic mass is 16.5. The van der Waals surface area contributed by atoms with Crippen molar-refractivity contribution in [3.8, 4) is 11.4 Å². The maximum absolute atomic E-state index is 11.8. The SMILES string of the molecule is COc1ccc(-n2ccn(C)c2=O)c(C)c1. The molecule has 0 radical (unpaired) electrons. The lowest BCUT2D eigenvalue weighted by Gasteiger charge is -2.07. The number of hydrogen-bond donors (Lipinski definition) is 0. The summed E-state index contributed by atoms with van der Waals surface area (Å²) in [7, 11) is 3.36. The van der Waals surface area contributed by atoms with Crippen LogP contribution in [0.1, 0.15) is 5.56 Å². The summed E-state index contributed by atoms with van der Waals surface area (Å²) in [4.78, 5) is 11.8. The van der Waals surface area contributed by atoms with E-state index in [1.165, 1.54) is 0 Å². The van der Waals surface area contributed by atoms with Crippen LogP contribution in [0.4, 0.5) is 0 Å². The number of nitrogens with zero attached hydrogens (tertiary/aromatic N) is 2. The zero-order valence-corrected chi connectivity index (χ0v) is 9.60. The Kier molecular flexibility index (Phi) is 2.56. The summed E-state index contributed by atoms with van der Waals surface area (Å²) in [6.45, 7) is 1.96. The van der Waals surface area contributed by atoms with Gasteiger partial charge in [0.2, 0.25) is 0 Å². The van der Waals surface area contributed by atoms with Gasteiger partial charge in [0.15, 0.2) is 0 Å². The topological polar surface area (TPSA) is 36.2 Å². The molecule has 84 valence electrons. The molecule has 0 fully saturated rings. The van der Waals surface area contributed by atoms with E-state index in [1.807, 2.05) is 25.1 Å². The van der Waals surface area contributed by atoms with Crippen molar-refractivity contribution in [2.45, 2.75) is 6.92 Å². The van der Waals surface area contributed by atoms with Crippen LogP contribution in [0.25, 0.3) is 5.69 Å². The fraction of sp³-hybridized carbons (Fsp3) is 0.250. The maximum Gasteiger partial charge on any atom is 0.332 e. The van der Waals surface area contributed by atoms with E-state index in [4.69, 9.17) is 4.74 Å². The summed E-state index contributed by atoms with van der Waals surface area (Å²) in [6, 6.07) is 5.64. The van der Waals surface area contributed by atoms with E-state index < -0.39 is 0 Å². The Labute approximate surface area is 93.7 Å². The van der Waals surface area contributed by atoms with Crippen LogP contribution in [0.2, 0.25) is 0 Å². The largest absolute Gasteiger partial charge is 0.497 e. The van der Waals surface area contributed by atoms with Gasteiger partial charge in [-0.3, -0.25) is 4.57 Å². The highest BCUT2D eigenvalue weighted by Crippen LogP contribution is 2.18. The number of imidazole rings is 1. The number of hydrogen-bond acceptors (Lipinski definition) is 2. The average Bonchev–Trinajstić information content (AvgIpc) is 2.60. The summed E-state index contributed by atoms with van der Waals surface area (Å²) >= 11 is 0. The van der Waals surface area contributed by atoms with Crippen molar-refractivity contribution in [3.63, 3.8) is 0 Å².